The van der Waals surface area contributed by atoms with E-state index < -0.39 is 5.60 Å². The lowest BCUT2D eigenvalue weighted by molar-refractivity contribution is -0.0277. The molecular weight excluding hydrogens is 263 g/mol. The smallest absolute Gasteiger partial charge is 0.123 e. The van der Waals surface area contributed by atoms with Gasteiger partial charge in [-0.15, -0.1) is 0 Å². The number of benzene rings is 1. The zero-order chi connectivity index (χ0) is 15.7. The largest absolute Gasteiger partial charge is 0.390 e. The van der Waals surface area contributed by atoms with Crippen LogP contribution in [0.1, 0.15) is 64.0 Å². The van der Waals surface area contributed by atoms with Crippen molar-refractivity contribution in [1.82, 2.24) is 0 Å². The number of hydrogen-bond acceptors (Lipinski definition) is 1. The SMILES string of the molecule is CCC(C)(C)C1CCC(O)(Cc2ccc(F)cc2C)CC1. The molecule has 1 aliphatic rings. The molecule has 118 valence electrons. The molecule has 1 saturated carbocycles. The average Bonchev–Trinajstić information content (AvgIpc) is 2.42. The van der Waals surface area contributed by atoms with Crippen molar-refractivity contribution in [2.75, 3.05) is 0 Å². The first kappa shape index (κ1) is 16.5. The number of rotatable bonds is 4. The fraction of sp³-hybridized carbons (Fsp3) is 0.684. The Morgan fingerprint density at radius 1 is 1.29 bits per heavy atom. The number of aliphatic hydroxyl groups is 1. The molecule has 0 heterocycles. The van der Waals surface area contributed by atoms with Gasteiger partial charge >= 0.3 is 0 Å². The van der Waals surface area contributed by atoms with Gasteiger partial charge in [-0.2, -0.15) is 0 Å². The molecule has 0 aliphatic heterocycles. The number of halogens is 1. The second-order valence-corrected chi connectivity index (χ2v) is 7.59. The minimum atomic E-state index is -0.608. The summed E-state index contributed by atoms with van der Waals surface area (Å²) in [4.78, 5) is 0. The van der Waals surface area contributed by atoms with E-state index in [1.165, 1.54) is 12.5 Å². The van der Waals surface area contributed by atoms with Crippen molar-refractivity contribution in [2.24, 2.45) is 11.3 Å². The molecule has 2 rings (SSSR count). The van der Waals surface area contributed by atoms with Crippen molar-refractivity contribution in [1.29, 1.82) is 0 Å². The molecule has 1 fully saturated rings. The Balaban J connectivity index is 2.02. The Hall–Kier alpha value is -0.890. The zero-order valence-corrected chi connectivity index (χ0v) is 13.9. The van der Waals surface area contributed by atoms with Crippen molar-refractivity contribution in [3.05, 3.63) is 35.1 Å². The van der Waals surface area contributed by atoms with Gasteiger partial charge in [0.1, 0.15) is 5.82 Å². The summed E-state index contributed by atoms with van der Waals surface area (Å²) in [5.74, 6) is 0.508. The van der Waals surface area contributed by atoms with Gasteiger partial charge < -0.3 is 5.11 Å². The molecule has 1 N–H and O–H groups in total. The molecule has 2 heteroatoms. The van der Waals surface area contributed by atoms with Crippen LogP contribution in [0.3, 0.4) is 0 Å². The maximum Gasteiger partial charge on any atom is 0.123 e. The molecule has 0 aromatic heterocycles. The van der Waals surface area contributed by atoms with Crippen LogP contribution < -0.4 is 0 Å². The topological polar surface area (TPSA) is 20.2 Å². The van der Waals surface area contributed by atoms with Crippen LogP contribution in [-0.2, 0) is 6.42 Å². The summed E-state index contributed by atoms with van der Waals surface area (Å²) in [5.41, 5.74) is 1.78. The van der Waals surface area contributed by atoms with Crippen molar-refractivity contribution < 1.29 is 9.50 Å². The molecule has 0 saturated heterocycles. The van der Waals surface area contributed by atoms with Crippen LogP contribution in [-0.4, -0.2) is 10.7 Å². The van der Waals surface area contributed by atoms with Crippen LogP contribution in [0, 0.1) is 24.1 Å². The molecular formula is C19H29FO. The average molecular weight is 292 g/mol. The Bertz CT molecular complexity index is 484. The number of aryl methyl sites for hydroxylation is 1. The molecule has 1 aromatic carbocycles. The molecule has 0 amide bonds. The van der Waals surface area contributed by atoms with Crippen LogP contribution in [0.4, 0.5) is 4.39 Å². The lowest BCUT2D eigenvalue weighted by Crippen LogP contribution is -2.39. The Morgan fingerprint density at radius 3 is 2.43 bits per heavy atom. The predicted octanol–water partition coefficient (Wildman–Crippen LogP) is 5.03. The second kappa shape index (κ2) is 6.08. The van der Waals surface area contributed by atoms with Gasteiger partial charge in [0, 0.05) is 6.42 Å². The Labute approximate surface area is 128 Å². The Kier molecular flexibility index (Phi) is 4.77. The van der Waals surface area contributed by atoms with Crippen LogP contribution in [0.25, 0.3) is 0 Å². The molecule has 21 heavy (non-hydrogen) atoms. The number of hydrogen-bond donors (Lipinski definition) is 1. The van der Waals surface area contributed by atoms with Gasteiger partial charge in [-0.05, 0) is 67.2 Å². The summed E-state index contributed by atoms with van der Waals surface area (Å²) in [6.07, 6.45) is 5.75. The van der Waals surface area contributed by atoms with E-state index in [0.29, 0.717) is 17.8 Å². The standard InChI is InChI=1S/C19H29FO/c1-5-18(3,4)16-8-10-19(21,11-9-16)13-15-6-7-17(20)12-14(15)2/h6-7,12,16,21H,5,8-11,13H2,1-4H3. The summed E-state index contributed by atoms with van der Waals surface area (Å²) in [7, 11) is 0. The summed E-state index contributed by atoms with van der Waals surface area (Å²) in [6.45, 7) is 8.86. The molecule has 0 spiro atoms. The lowest BCUT2D eigenvalue weighted by atomic mass is 9.65. The third-order valence-electron chi connectivity index (χ3n) is 5.76. The molecule has 0 radical (unpaired) electrons. The zero-order valence-electron chi connectivity index (χ0n) is 13.9. The maximum atomic E-state index is 13.2. The molecule has 0 unspecified atom stereocenters. The third kappa shape index (κ3) is 3.85. The molecule has 1 aromatic rings. The van der Waals surface area contributed by atoms with Gasteiger partial charge in [0.25, 0.3) is 0 Å². The molecule has 0 bridgehead atoms. The van der Waals surface area contributed by atoms with Crippen molar-refractivity contribution >= 4 is 0 Å². The first-order valence-electron chi connectivity index (χ1n) is 8.23. The van der Waals surface area contributed by atoms with E-state index in [1.54, 1.807) is 6.07 Å². The van der Waals surface area contributed by atoms with Crippen LogP contribution in [0.5, 0.6) is 0 Å². The van der Waals surface area contributed by atoms with Crippen molar-refractivity contribution in [2.45, 2.75) is 71.8 Å². The highest BCUT2D eigenvalue weighted by molar-refractivity contribution is 5.28. The minimum absolute atomic E-state index is 0.198. The van der Waals surface area contributed by atoms with Crippen molar-refractivity contribution in [3.63, 3.8) is 0 Å². The van der Waals surface area contributed by atoms with Crippen LogP contribution in [0.2, 0.25) is 0 Å². The monoisotopic (exact) mass is 292 g/mol. The van der Waals surface area contributed by atoms with Crippen molar-refractivity contribution in [3.8, 4) is 0 Å². The maximum absolute atomic E-state index is 13.2. The first-order chi connectivity index (χ1) is 9.76. The van der Waals surface area contributed by atoms with E-state index in [9.17, 15) is 9.50 Å². The third-order valence-corrected chi connectivity index (χ3v) is 5.76. The fourth-order valence-electron chi connectivity index (χ4n) is 3.61. The van der Waals surface area contributed by atoms with E-state index in [1.807, 2.05) is 13.0 Å². The van der Waals surface area contributed by atoms with E-state index in [4.69, 9.17) is 0 Å². The van der Waals surface area contributed by atoms with Gasteiger partial charge in [-0.25, -0.2) is 4.39 Å². The quantitative estimate of drug-likeness (QED) is 0.824. The van der Waals surface area contributed by atoms with E-state index in [-0.39, 0.29) is 5.82 Å². The second-order valence-electron chi connectivity index (χ2n) is 7.59. The van der Waals surface area contributed by atoms with E-state index in [0.717, 1.165) is 36.8 Å². The van der Waals surface area contributed by atoms with Gasteiger partial charge in [0.2, 0.25) is 0 Å². The van der Waals surface area contributed by atoms with E-state index in [2.05, 4.69) is 20.8 Å². The normalized spacial score (nSPS) is 26.9. The van der Waals surface area contributed by atoms with Gasteiger partial charge in [-0.3, -0.25) is 0 Å². The first-order valence-corrected chi connectivity index (χ1v) is 8.23. The fourth-order valence-corrected chi connectivity index (χ4v) is 3.61. The highest BCUT2D eigenvalue weighted by Crippen LogP contribution is 2.44. The lowest BCUT2D eigenvalue weighted by Gasteiger charge is -2.42. The molecule has 1 aliphatic carbocycles. The summed E-state index contributed by atoms with van der Waals surface area (Å²) in [6, 6.07) is 4.88. The summed E-state index contributed by atoms with van der Waals surface area (Å²) >= 11 is 0. The molecule has 1 nitrogen and oxygen atoms in total. The summed E-state index contributed by atoms with van der Waals surface area (Å²) < 4.78 is 13.2. The van der Waals surface area contributed by atoms with E-state index >= 15 is 0 Å². The van der Waals surface area contributed by atoms with Crippen LogP contribution in [0.15, 0.2) is 18.2 Å². The highest BCUT2D eigenvalue weighted by atomic mass is 19.1. The van der Waals surface area contributed by atoms with Gasteiger partial charge in [-0.1, -0.05) is 33.3 Å². The van der Waals surface area contributed by atoms with Crippen LogP contribution >= 0.6 is 0 Å². The van der Waals surface area contributed by atoms with Gasteiger partial charge in [0.15, 0.2) is 0 Å². The Morgan fingerprint density at radius 2 is 1.90 bits per heavy atom. The minimum Gasteiger partial charge on any atom is -0.390 e. The highest BCUT2D eigenvalue weighted by Gasteiger charge is 2.38. The predicted molar refractivity (Wildman–Crippen MR) is 85.8 cm³/mol. The molecule has 0 atom stereocenters. The van der Waals surface area contributed by atoms with Gasteiger partial charge in [0.05, 0.1) is 5.60 Å². The summed E-state index contributed by atoms with van der Waals surface area (Å²) in [5, 5.41) is 10.9.